The molecule has 0 aromatic carbocycles. The van der Waals surface area contributed by atoms with Crippen molar-refractivity contribution in [2.24, 2.45) is 0 Å². The minimum Gasteiger partial charge on any atom is -0.314 e. The van der Waals surface area contributed by atoms with Crippen molar-refractivity contribution in [2.45, 2.75) is 32.6 Å². The van der Waals surface area contributed by atoms with Crippen molar-refractivity contribution in [3.8, 4) is 0 Å². The molecule has 0 saturated carbocycles. The molecule has 2 heterocycles. The number of nitrogens with one attached hydrogen (secondary N) is 1. The maximum absolute atomic E-state index is 4.74. The van der Waals surface area contributed by atoms with Gasteiger partial charge in [-0.25, -0.2) is 4.98 Å². The molecule has 96 valence electrons. The lowest BCUT2D eigenvalue weighted by Crippen LogP contribution is -2.48. The summed E-state index contributed by atoms with van der Waals surface area (Å²) in [6.07, 6.45) is 1.05. The van der Waals surface area contributed by atoms with Crippen LogP contribution in [0.15, 0.2) is 5.38 Å². The van der Waals surface area contributed by atoms with Crippen LogP contribution >= 0.6 is 11.3 Å². The number of hydrogen-bond acceptors (Lipinski definition) is 4. The second-order valence-corrected chi connectivity index (χ2v) is 6.33. The van der Waals surface area contributed by atoms with Gasteiger partial charge in [-0.2, -0.15) is 0 Å². The van der Waals surface area contributed by atoms with Crippen molar-refractivity contribution in [3.05, 3.63) is 16.1 Å². The normalized spacial score (nSPS) is 18.5. The van der Waals surface area contributed by atoms with Crippen LogP contribution in [0.5, 0.6) is 0 Å². The van der Waals surface area contributed by atoms with E-state index in [1.54, 1.807) is 11.3 Å². The highest BCUT2D eigenvalue weighted by atomic mass is 32.1. The van der Waals surface area contributed by atoms with Crippen molar-refractivity contribution < 1.29 is 0 Å². The van der Waals surface area contributed by atoms with E-state index in [1.807, 2.05) is 0 Å². The van der Waals surface area contributed by atoms with E-state index in [4.69, 9.17) is 4.98 Å². The van der Waals surface area contributed by atoms with Gasteiger partial charge < -0.3 is 5.32 Å². The van der Waals surface area contributed by atoms with E-state index in [0.717, 1.165) is 39.1 Å². The van der Waals surface area contributed by atoms with Crippen LogP contribution in [0.25, 0.3) is 0 Å². The standard InChI is InChI=1S/C13H23N3S/c1-4-12-15-11(9-17-12)13(2,3)10-16-7-5-14-6-8-16/h9,14H,4-8,10H2,1-3H3. The molecule has 17 heavy (non-hydrogen) atoms. The topological polar surface area (TPSA) is 28.2 Å². The SMILES string of the molecule is CCc1nc(C(C)(C)CN2CCNCC2)cs1. The molecule has 0 spiro atoms. The maximum Gasteiger partial charge on any atom is 0.0925 e. The summed E-state index contributed by atoms with van der Waals surface area (Å²) in [6, 6.07) is 0. The number of piperazine rings is 1. The first kappa shape index (κ1) is 13.0. The van der Waals surface area contributed by atoms with Crippen molar-refractivity contribution in [3.63, 3.8) is 0 Å². The minimum absolute atomic E-state index is 0.168. The van der Waals surface area contributed by atoms with Gasteiger partial charge in [0.15, 0.2) is 0 Å². The molecule has 2 rings (SSSR count). The average molecular weight is 253 g/mol. The van der Waals surface area contributed by atoms with E-state index in [9.17, 15) is 0 Å². The van der Waals surface area contributed by atoms with Gasteiger partial charge in [0.25, 0.3) is 0 Å². The van der Waals surface area contributed by atoms with Crippen LogP contribution in [0.2, 0.25) is 0 Å². The van der Waals surface area contributed by atoms with Crippen LogP contribution in [0.4, 0.5) is 0 Å². The second kappa shape index (κ2) is 5.46. The van der Waals surface area contributed by atoms with Crippen molar-refractivity contribution in [1.82, 2.24) is 15.2 Å². The van der Waals surface area contributed by atoms with E-state index in [1.165, 1.54) is 10.7 Å². The molecule has 1 saturated heterocycles. The largest absolute Gasteiger partial charge is 0.314 e. The molecule has 0 unspecified atom stereocenters. The zero-order valence-corrected chi connectivity index (χ0v) is 11.9. The molecular weight excluding hydrogens is 230 g/mol. The Kier molecular flexibility index (Phi) is 4.17. The lowest BCUT2D eigenvalue weighted by molar-refractivity contribution is 0.198. The molecule has 1 aliphatic heterocycles. The summed E-state index contributed by atoms with van der Waals surface area (Å²) < 4.78 is 0. The lowest BCUT2D eigenvalue weighted by atomic mass is 9.89. The van der Waals surface area contributed by atoms with Crippen molar-refractivity contribution >= 4 is 11.3 Å². The number of rotatable bonds is 4. The summed E-state index contributed by atoms with van der Waals surface area (Å²) >= 11 is 1.80. The second-order valence-electron chi connectivity index (χ2n) is 5.39. The summed E-state index contributed by atoms with van der Waals surface area (Å²) in [4.78, 5) is 7.29. The summed E-state index contributed by atoms with van der Waals surface area (Å²) in [7, 11) is 0. The predicted molar refractivity (Wildman–Crippen MR) is 73.8 cm³/mol. The van der Waals surface area contributed by atoms with Crippen LogP contribution in [-0.4, -0.2) is 42.6 Å². The monoisotopic (exact) mass is 253 g/mol. The fourth-order valence-electron chi connectivity index (χ4n) is 2.29. The number of hydrogen-bond donors (Lipinski definition) is 1. The van der Waals surface area contributed by atoms with E-state index in [2.05, 4.69) is 36.4 Å². The molecule has 1 N–H and O–H groups in total. The average Bonchev–Trinajstić information content (AvgIpc) is 2.79. The van der Waals surface area contributed by atoms with Crippen LogP contribution in [0.3, 0.4) is 0 Å². The molecule has 0 amide bonds. The molecule has 1 fully saturated rings. The highest BCUT2D eigenvalue weighted by molar-refractivity contribution is 7.09. The Balaban J connectivity index is 2.01. The molecule has 0 aliphatic carbocycles. The molecular formula is C13H23N3S. The third kappa shape index (κ3) is 3.27. The molecule has 1 aliphatic rings. The van der Waals surface area contributed by atoms with Gasteiger partial charge in [-0.1, -0.05) is 20.8 Å². The van der Waals surface area contributed by atoms with Crippen LogP contribution in [-0.2, 0) is 11.8 Å². The van der Waals surface area contributed by atoms with Gasteiger partial charge in [-0.15, -0.1) is 11.3 Å². The summed E-state index contributed by atoms with van der Waals surface area (Å²) in [5, 5.41) is 6.89. The molecule has 3 nitrogen and oxygen atoms in total. The first-order chi connectivity index (χ1) is 8.12. The number of nitrogens with zero attached hydrogens (tertiary/aromatic N) is 2. The van der Waals surface area contributed by atoms with Gasteiger partial charge in [-0.3, -0.25) is 4.90 Å². The Labute approximate surface area is 108 Å². The van der Waals surface area contributed by atoms with E-state index in [-0.39, 0.29) is 5.41 Å². The molecule has 0 bridgehead atoms. The minimum atomic E-state index is 0.168. The molecule has 0 radical (unpaired) electrons. The summed E-state index contributed by atoms with van der Waals surface area (Å²) in [5.41, 5.74) is 1.43. The first-order valence-electron chi connectivity index (χ1n) is 6.50. The van der Waals surface area contributed by atoms with Crippen molar-refractivity contribution in [2.75, 3.05) is 32.7 Å². The Bertz CT molecular complexity index is 353. The highest BCUT2D eigenvalue weighted by Crippen LogP contribution is 2.26. The highest BCUT2D eigenvalue weighted by Gasteiger charge is 2.27. The third-order valence-corrected chi connectivity index (χ3v) is 4.37. The maximum atomic E-state index is 4.74. The number of aryl methyl sites for hydroxylation is 1. The summed E-state index contributed by atoms with van der Waals surface area (Å²) in [5.74, 6) is 0. The van der Waals surface area contributed by atoms with Gasteiger partial charge in [0.2, 0.25) is 0 Å². The zero-order chi connectivity index (χ0) is 12.3. The van der Waals surface area contributed by atoms with Crippen molar-refractivity contribution in [1.29, 1.82) is 0 Å². The Morgan fingerprint density at radius 3 is 2.71 bits per heavy atom. The number of aromatic nitrogens is 1. The Morgan fingerprint density at radius 1 is 1.41 bits per heavy atom. The van der Waals surface area contributed by atoms with Gasteiger partial charge in [0.1, 0.15) is 0 Å². The smallest absolute Gasteiger partial charge is 0.0925 e. The van der Waals surface area contributed by atoms with Gasteiger partial charge in [-0.05, 0) is 6.42 Å². The third-order valence-electron chi connectivity index (χ3n) is 3.38. The van der Waals surface area contributed by atoms with Gasteiger partial charge in [0.05, 0.1) is 10.7 Å². The molecule has 1 aromatic rings. The number of thiazole rings is 1. The van der Waals surface area contributed by atoms with Crippen LogP contribution in [0.1, 0.15) is 31.5 Å². The van der Waals surface area contributed by atoms with Crippen LogP contribution < -0.4 is 5.32 Å². The predicted octanol–water partition coefficient (Wildman–Crippen LogP) is 1.89. The lowest BCUT2D eigenvalue weighted by Gasteiger charge is -2.34. The van der Waals surface area contributed by atoms with Crippen LogP contribution in [0, 0.1) is 0 Å². The molecule has 4 heteroatoms. The van der Waals surface area contributed by atoms with Gasteiger partial charge in [0, 0.05) is 43.5 Å². The molecule has 1 aromatic heterocycles. The van der Waals surface area contributed by atoms with E-state index < -0.39 is 0 Å². The van der Waals surface area contributed by atoms with E-state index >= 15 is 0 Å². The Morgan fingerprint density at radius 2 is 2.12 bits per heavy atom. The Hall–Kier alpha value is -0.450. The van der Waals surface area contributed by atoms with E-state index in [0.29, 0.717) is 0 Å². The quantitative estimate of drug-likeness (QED) is 0.888. The fraction of sp³-hybridized carbons (Fsp3) is 0.769. The summed E-state index contributed by atoms with van der Waals surface area (Å²) in [6.45, 7) is 12.5. The van der Waals surface area contributed by atoms with Gasteiger partial charge >= 0.3 is 0 Å². The zero-order valence-electron chi connectivity index (χ0n) is 11.1. The first-order valence-corrected chi connectivity index (χ1v) is 7.38. The molecule has 0 atom stereocenters. The fourth-order valence-corrected chi connectivity index (χ4v) is 3.23.